The van der Waals surface area contributed by atoms with Crippen LogP contribution in [-0.4, -0.2) is 24.2 Å². The number of thiophene rings is 1. The van der Waals surface area contributed by atoms with Crippen molar-refractivity contribution in [3.05, 3.63) is 23.7 Å². The van der Waals surface area contributed by atoms with Crippen LogP contribution in [0.25, 0.3) is 10.6 Å². The molecular formula is C19H29N3O2S2. The monoisotopic (exact) mass is 395 g/mol. The van der Waals surface area contributed by atoms with Gasteiger partial charge in [0.25, 0.3) is 0 Å². The predicted molar refractivity (Wildman–Crippen MR) is 107 cm³/mol. The summed E-state index contributed by atoms with van der Waals surface area (Å²) in [6.45, 7) is 10.6. The van der Waals surface area contributed by atoms with Crippen molar-refractivity contribution >= 4 is 21.4 Å². The van der Waals surface area contributed by atoms with Crippen molar-refractivity contribution in [1.82, 2.24) is 14.5 Å². The minimum atomic E-state index is -3.63. The maximum Gasteiger partial charge on any atom is 0.244 e. The lowest BCUT2D eigenvalue weighted by Gasteiger charge is -2.39. The fourth-order valence-electron chi connectivity index (χ4n) is 4.14. The van der Waals surface area contributed by atoms with E-state index in [0.29, 0.717) is 11.6 Å². The molecule has 1 aliphatic carbocycles. The summed E-state index contributed by atoms with van der Waals surface area (Å²) in [5.74, 6) is 0.515. The van der Waals surface area contributed by atoms with E-state index < -0.39 is 10.0 Å². The summed E-state index contributed by atoms with van der Waals surface area (Å²) in [7, 11) is -3.63. The van der Waals surface area contributed by atoms with Crippen LogP contribution in [0.3, 0.4) is 0 Å². The zero-order valence-corrected chi connectivity index (χ0v) is 17.8. The van der Waals surface area contributed by atoms with E-state index in [9.17, 15) is 8.42 Å². The van der Waals surface area contributed by atoms with Crippen molar-refractivity contribution in [2.75, 3.05) is 0 Å². The van der Waals surface area contributed by atoms with Crippen LogP contribution in [0.2, 0.25) is 0 Å². The number of sulfonamides is 1. The van der Waals surface area contributed by atoms with Crippen LogP contribution < -0.4 is 4.72 Å². The predicted octanol–water partition coefficient (Wildman–Crippen LogP) is 4.69. The highest BCUT2D eigenvalue weighted by molar-refractivity contribution is 7.89. The lowest BCUT2D eigenvalue weighted by atomic mass is 9.71. The molecule has 3 rings (SSSR count). The molecule has 1 fully saturated rings. The molecule has 5 nitrogen and oxygen atoms in total. The molecule has 2 unspecified atom stereocenters. The summed E-state index contributed by atoms with van der Waals surface area (Å²) in [6, 6.07) is 3.91. The summed E-state index contributed by atoms with van der Waals surface area (Å²) < 4.78 is 31.1. The summed E-state index contributed by atoms with van der Waals surface area (Å²) >= 11 is 1.51. The van der Waals surface area contributed by atoms with Crippen LogP contribution in [0.5, 0.6) is 0 Å². The second kappa shape index (κ2) is 7.09. The van der Waals surface area contributed by atoms with Crippen LogP contribution >= 0.6 is 11.3 Å². The second-order valence-electron chi connectivity index (χ2n) is 8.62. The van der Waals surface area contributed by atoms with Gasteiger partial charge >= 0.3 is 0 Å². The molecule has 0 aliphatic heterocycles. The van der Waals surface area contributed by atoms with Gasteiger partial charge in [0.15, 0.2) is 0 Å². The van der Waals surface area contributed by atoms with Gasteiger partial charge < -0.3 is 0 Å². The van der Waals surface area contributed by atoms with Gasteiger partial charge in [-0.1, -0.05) is 26.8 Å². The number of nitrogens with zero attached hydrogens (tertiary/aromatic N) is 2. The zero-order valence-electron chi connectivity index (χ0n) is 16.2. The summed E-state index contributed by atoms with van der Waals surface area (Å²) in [6.07, 6.45) is 4.55. The highest BCUT2D eigenvalue weighted by Gasteiger charge is 2.35. The average molecular weight is 396 g/mol. The van der Waals surface area contributed by atoms with E-state index in [1.807, 2.05) is 31.4 Å². The van der Waals surface area contributed by atoms with Gasteiger partial charge in [-0.3, -0.25) is 4.68 Å². The van der Waals surface area contributed by atoms with Gasteiger partial charge in [0.1, 0.15) is 10.6 Å². The van der Waals surface area contributed by atoms with Crippen LogP contribution in [0, 0.1) is 11.3 Å². The molecule has 1 aliphatic rings. The normalized spacial score (nSPS) is 23.5. The first kappa shape index (κ1) is 19.6. The topological polar surface area (TPSA) is 64.0 Å². The molecule has 2 heterocycles. The quantitative estimate of drug-likeness (QED) is 0.799. The lowest BCUT2D eigenvalue weighted by Crippen LogP contribution is -2.42. The average Bonchev–Trinajstić information content (AvgIpc) is 3.14. The highest BCUT2D eigenvalue weighted by Crippen LogP contribution is 2.39. The Hall–Kier alpha value is -1.18. The van der Waals surface area contributed by atoms with E-state index >= 15 is 0 Å². The molecule has 0 radical (unpaired) electrons. The molecular weight excluding hydrogens is 366 g/mol. The van der Waals surface area contributed by atoms with Crippen molar-refractivity contribution in [3.63, 3.8) is 0 Å². The SMILES string of the molecule is CC1CC(NS(=O)(=O)c2cn(C(C)C)nc2-c2cccs2)CC(C)(C)C1. The molecule has 2 aromatic rings. The molecule has 0 spiro atoms. The number of hydrogen-bond acceptors (Lipinski definition) is 4. The van der Waals surface area contributed by atoms with Gasteiger partial charge in [-0.25, -0.2) is 13.1 Å². The third kappa shape index (κ3) is 4.21. The lowest BCUT2D eigenvalue weighted by molar-refractivity contribution is 0.163. The first-order chi connectivity index (χ1) is 12.1. The van der Waals surface area contributed by atoms with Crippen molar-refractivity contribution < 1.29 is 8.42 Å². The second-order valence-corrected chi connectivity index (χ2v) is 11.3. The van der Waals surface area contributed by atoms with E-state index in [4.69, 9.17) is 0 Å². The number of nitrogens with one attached hydrogen (secondary N) is 1. The fourth-order valence-corrected chi connectivity index (χ4v) is 6.32. The Kier molecular flexibility index (Phi) is 5.34. The summed E-state index contributed by atoms with van der Waals surface area (Å²) in [5, 5.41) is 6.51. The Labute approximate surface area is 160 Å². The van der Waals surface area contributed by atoms with Crippen LogP contribution in [0.1, 0.15) is 59.9 Å². The number of aromatic nitrogens is 2. The molecule has 0 amide bonds. The molecule has 0 saturated heterocycles. The Bertz CT molecular complexity index is 851. The van der Waals surface area contributed by atoms with Gasteiger partial charge in [-0.05, 0) is 55.9 Å². The van der Waals surface area contributed by atoms with Gasteiger partial charge in [0.05, 0.1) is 4.88 Å². The van der Waals surface area contributed by atoms with Gasteiger partial charge in [-0.15, -0.1) is 11.3 Å². The zero-order chi connectivity index (χ0) is 19.1. The minimum Gasteiger partial charge on any atom is -0.268 e. The van der Waals surface area contributed by atoms with Gasteiger partial charge in [-0.2, -0.15) is 5.10 Å². The van der Waals surface area contributed by atoms with E-state index in [-0.39, 0.29) is 22.4 Å². The van der Waals surface area contributed by atoms with Gasteiger partial charge in [0.2, 0.25) is 10.0 Å². The van der Waals surface area contributed by atoms with Gasteiger partial charge in [0, 0.05) is 18.3 Å². The van der Waals surface area contributed by atoms with E-state index in [1.165, 1.54) is 11.3 Å². The highest BCUT2D eigenvalue weighted by atomic mass is 32.2. The first-order valence-corrected chi connectivity index (χ1v) is 11.6. The Morgan fingerprint density at radius 1 is 1.35 bits per heavy atom. The molecule has 2 atom stereocenters. The van der Waals surface area contributed by atoms with Crippen molar-refractivity contribution in [1.29, 1.82) is 0 Å². The van der Waals surface area contributed by atoms with Crippen molar-refractivity contribution in [2.24, 2.45) is 11.3 Å². The third-order valence-electron chi connectivity index (χ3n) is 4.98. The maximum absolute atomic E-state index is 13.2. The van der Waals surface area contributed by atoms with E-state index in [1.54, 1.807) is 10.9 Å². The smallest absolute Gasteiger partial charge is 0.244 e. The molecule has 26 heavy (non-hydrogen) atoms. The molecule has 0 bridgehead atoms. The maximum atomic E-state index is 13.2. The Morgan fingerprint density at radius 2 is 2.08 bits per heavy atom. The largest absolute Gasteiger partial charge is 0.268 e. The summed E-state index contributed by atoms with van der Waals surface area (Å²) in [5.41, 5.74) is 0.702. The standard InChI is InChI=1S/C19H29N3O2S2/c1-13(2)22-12-17(18(20-22)16-7-6-8-25-16)26(23,24)21-15-9-14(3)10-19(4,5)11-15/h6-8,12-15,21H,9-11H2,1-5H3. The van der Waals surface area contributed by atoms with Crippen LogP contribution in [0.15, 0.2) is 28.6 Å². The molecule has 2 aromatic heterocycles. The molecule has 144 valence electrons. The van der Waals surface area contributed by atoms with Crippen molar-refractivity contribution in [2.45, 2.75) is 70.9 Å². The number of hydrogen-bond donors (Lipinski definition) is 1. The Morgan fingerprint density at radius 3 is 2.65 bits per heavy atom. The molecule has 7 heteroatoms. The first-order valence-electron chi connectivity index (χ1n) is 9.23. The third-order valence-corrected chi connectivity index (χ3v) is 7.38. The van der Waals surface area contributed by atoms with Crippen LogP contribution in [-0.2, 0) is 10.0 Å². The van der Waals surface area contributed by atoms with Crippen LogP contribution in [0.4, 0.5) is 0 Å². The minimum absolute atomic E-state index is 0.0302. The number of rotatable bonds is 5. The van der Waals surface area contributed by atoms with E-state index in [2.05, 4.69) is 30.6 Å². The Balaban J connectivity index is 1.94. The molecule has 0 aromatic carbocycles. The summed E-state index contributed by atoms with van der Waals surface area (Å²) in [4.78, 5) is 1.16. The fraction of sp³-hybridized carbons (Fsp3) is 0.632. The molecule has 1 N–H and O–H groups in total. The molecule has 1 saturated carbocycles. The van der Waals surface area contributed by atoms with Crippen molar-refractivity contribution in [3.8, 4) is 10.6 Å². The van der Waals surface area contributed by atoms with E-state index in [0.717, 1.165) is 24.1 Å².